The molecule has 0 spiro atoms. The van der Waals surface area contributed by atoms with Crippen LogP contribution in [0.2, 0.25) is 0 Å². The Kier molecular flexibility index (Phi) is 6.48. The zero-order valence-corrected chi connectivity index (χ0v) is 11.8. The lowest BCUT2D eigenvalue weighted by molar-refractivity contribution is -0.120. The van der Waals surface area contributed by atoms with Gasteiger partial charge in [0, 0.05) is 6.54 Å². The van der Waals surface area contributed by atoms with Gasteiger partial charge in [0.1, 0.15) is 0 Å². The molecule has 2 nitrogen and oxygen atoms in total. The number of carbonyl (C=O) groups is 1. The number of benzene rings is 1. The van der Waals surface area contributed by atoms with Gasteiger partial charge in [-0.25, -0.2) is 0 Å². The van der Waals surface area contributed by atoms with E-state index in [9.17, 15) is 4.79 Å². The molecular weight excluding hydrogens is 222 g/mol. The van der Waals surface area contributed by atoms with Crippen LogP contribution in [-0.4, -0.2) is 12.5 Å². The highest BCUT2D eigenvalue weighted by atomic mass is 16.1. The van der Waals surface area contributed by atoms with Gasteiger partial charge in [-0.1, -0.05) is 51.5 Å². The van der Waals surface area contributed by atoms with Crippen molar-refractivity contribution in [1.29, 1.82) is 0 Å². The van der Waals surface area contributed by atoms with Gasteiger partial charge in [0.05, 0.1) is 6.42 Å². The van der Waals surface area contributed by atoms with E-state index in [2.05, 4.69) is 50.4 Å². The second-order valence-corrected chi connectivity index (χ2v) is 5.29. The highest BCUT2D eigenvalue weighted by Gasteiger charge is 2.04. The van der Waals surface area contributed by atoms with E-state index in [4.69, 9.17) is 0 Å². The second-order valence-electron chi connectivity index (χ2n) is 5.29. The van der Waals surface area contributed by atoms with Crippen LogP contribution >= 0.6 is 0 Å². The summed E-state index contributed by atoms with van der Waals surface area (Å²) in [5.74, 6) is 0.621. The molecule has 1 aromatic rings. The van der Waals surface area contributed by atoms with E-state index in [0.717, 1.165) is 18.5 Å². The Hall–Kier alpha value is -1.31. The van der Waals surface area contributed by atoms with E-state index in [0.29, 0.717) is 12.3 Å². The standard InChI is InChI=1S/C16H25NO/c1-4-5-6-14-7-9-15(10-8-14)11-16(18)17-12-13(2)3/h7-10,13H,4-6,11-12H2,1-3H3,(H,17,18). The quantitative estimate of drug-likeness (QED) is 0.786. The minimum Gasteiger partial charge on any atom is -0.356 e. The SMILES string of the molecule is CCCCc1ccc(CC(=O)NCC(C)C)cc1. The Morgan fingerprint density at radius 2 is 1.78 bits per heavy atom. The molecule has 1 rings (SSSR count). The molecule has 0 aliphatic rings. The van der Waals surface area contributed by atoms with Crippen LogP contribution in [0.3, 0.4) is 0 Å². The minimum atomic E-state index is 0.116. The van der Waals surface area contributed by atoms with Crippen molar-refractivity contribution >= 4 is 5.91 Å². The van der Waals surface area contributed by atoms with Crippen molar-refractivity contribution in [3.8, 4) is 0 Å². The summed E-state index contributed by atoms with van der Waals surface area (Å²) in [6.45, 7) is 7.16. The summed E-state index contributed by atoms with van der Waals surface area (Å²) in [6.07, 6.45) is 4.07. The summed E-state index contributed by atoms with van der Waals surface area (Å²) in [4.78, 5) is 11.7. The topological polar surface area (TPSA) is 29.1 Å². The third-order valence-corrected chi connectivity index (χ3v) is 2.91. The molecule has 1 aromatic carbocycles. The van der Waals surface area contributed by atoms with Gasteiger partial charge in [-0.3, -0.25) is 4.79 Å². The first kappa shape index (κ1) is 14.7. The maximum Gasteiger partial charge on any atom is 0.224 e. The average Bonchev–Trinajstić information content (AvgIpc) is 2.35. The molecule has 0 unspecified atom stereocenters. The van der Waals surface area contributed by atoms with Gasteiger partial charge in [-0.2, -0.15) is 0 Å². The average molecular weight is 247 g/mol. The van der Waals surface area contributed by atoms with Gasteiger partial charge >= 0.3 is 0 Å². The van der Waals surface area contributed by atoms with Crippen molar-refractivity contribution in [2.75, 3.05) is 6.54 Å². The van der Waals surface area contributed by atoms with Gasteiger partial charge in [0.15, 0.2) is 0 Å². The largest absolute Gasteiger partial charge is 0.356 e. The Morgan fingerprint density at radius 3 is 2.33 bits per heavy atom. The molecule has 0 aliphatic carbocycles. The zero-order chi connectivity index (χ0) is 13.4. The van der Waals surface area contributed by atoms with E-state index < -0.39 is 0 Å². The number of hydrogen-bond acceptors (Lipinski definition) is 1. The fourth-order valence-electron chi connectivity index (χ4n) is 1.77. The predicted molar refractivity (Wildman–Crippen MR) is 76.6 cm³/mol. The Balaban J connectivity index is 2.40. The minimum absolute atomic E-state index is 0.116. The van der Waals surface area contributed by atoms with Crippen molar-refractivity contribution in [1.82, 2.24) is 5.32 Å². The van der Waals surface area contributed by atoms with Crippen LogP contribution in [0.25, 0.3) is 0 Å². The Bertz CT molecular complexity index is 354. The van der Waals surface area contributed by atoms with Crippen molar-refractivity contribution < 1.29 is 4.79 Å². The first-order valence-electron chi connectivity index (χ1n) is 6.96. The molecule has 1 amide bonds. The molecule has 0 saturated heterocycles. The van der Waals surface area contributed by atoms with Gasteiger partial charge in [-0.15, -0.1) is 0 Å². The zero-order valence-electron chi connectivity index (χ0n) is 11.8. The number of carbonyl (C=O) groups excluding carboxylic acids is 1. The summed E-state index contributed by atoms with van der Waals surface area (Å²) in [5, 5.41) is 2.94. The summed E-state index contributed by atoms with van der Waals surface area (Å²) < 4.78 is 0. The van der Waals surface area contributed by atoms with Crippen LogP contribution in [-0.2, 0) is 17.6 Å². The van der Waals surface area contributed by atoms with E-state index >= 15 is 0 Å². The Labute approximate surface area is 111 Å². The lowest BCUT2D eigenvalue weighted by Crippen LogP contribution is -2.28. The first-order valence-corrected chi connectivity index (χ1v) is 6.96. The lowest BCUT2D eigenvalue weighted by Gasteiger charge is -2.08. The maximum atomic E-state index is 11.7. The van der Waals surface area contributed by atoms with Gasteiger partial charge in [0.2, 0.25) is 5.91 Å². The smallest absolute Gasteiger partial charge is 0.224 e. The molecule has 0 heterocycles. The lowest BCUT2D eigenvalue weighted by atomic mass is 10.0. The van der Waals surface area contributed by atoms with Crippen molar-refractivity contribution in [3.63, 3.8) is 0 Å². The van der Waals surface area contributed by atoms with Gasteiger partial charge in [0.25, 0.3) is 0 Å². The maximum absolute atomic E-state index is 11.7. The van der Waals surface area contributed by atoms with Crippen LogP contribution < -0.4 is 5.32 Å². The van der Waals surface area contributed by atoms with Crippen LogP contribution in [0.15, 0.2) is 24.3 Å². The summed E-state index contributed by atoms with van der Waals surface area (Å²) in [7, 11) is 0. The molecule has 100 valence electrons. The van der Waals surface area contributed by atoms with E-state index in [1.807, 2.05) is 0 Å². The monoisotopic (exact) mass is 247 g/mol. The predicted octanol–water partition coefficient (Wildman–Crippen LogP) is 3.34. The number of amides is 1. The Morgan fingerprint density at radius 1 is 1.17 bits per heavy atom. The van der Waals surface area contributed by atoms with Crippen LogP contribution in [0.5, 0.6) is 0 Å². The number of unbranched alkanes of at least 4 members (excludes halogenated alkanes) is 1. The molecular formula is C16H25NO. The van der Waals surface area contributed by atoms with Crippen molar-refractivity contribution in [2.45, 2.75) is 46.5 Å². The van der Waals surface area contributed by atoms with Gasteiger partial charge in [-0.05, 0) is 29.9 Å². The van der Waals surface area contributed by atoms with Crippen molar-refractivity contribution in [2.24, 2.45) is 5.92 Å². The molecule has 0 aliphatic heterocycles. The summed E-state index contributed by atoms with van der Waals surface area (Å²) in [6, 6.07) is 8.42. The molecule has 2 heteroatoms. The highest BCUT2D eigenvalue weighted by molar-refractivity contribution is 5.78. The first-order chi connectivity index (χ1) is 8.61. The van der Waals surface area contributed by atoms with Gasteiger partial charge < -0.3 is 5.32 Å². The molecule has 1 N–H and O–H groups in total. The molecule has 0 radical (unpaired) electrons. The molecule has 0 fully saturated rings. The molecule has 0 aromatic heterocycles. The highest BCUT2D eigenvalue weighted by Crippen LogP contribution is 2.08. The normalized spacial score (nSPS) is 10.7. The fourth-order valence-corrected chi connectivity index (χ4v) is 1.77. The molecule has 0 saturated carbocycles. The number of aryl methyl sites for hydroxylation is 1. The van der Waals surface area contributed by atoms with E-state index in [1.54, 1.807) is 0 Å². The molecule has 18 heavy (non-hydrogen) atoms. The molecule has 0 bridgehead atoms. The number of nitrogens with one attached hydrogen (secondary N) is 1. The molecule has 0 atom stereocenters. The van der Waals surface area contributed by atoms with Crippen LogP contribution in [0.1, 0.15) is 44.7 Å². The number of rotatable bonds is 7. The number of hydrogen-bond donors (Lipinski definition) is 1. The van der Waals surface area contributed by atoms with E-state index in [1.165, 1.54) is 18.4 Å². The third-order valence-electron chi connectivity index (χ3n) is 2.91. The second kappa shape index (κ2) is 7.91. The summed E-state index contributed by atoms with van der Waals surface area (Å²) in [5.41, 5.74) is 2.46. The van der Waals surface area contributed by atoms with E-state index in [-0.39, 0.29) is 5.91 Å². The van der Waals surface area contributed by atoms with Crippen LogP contribution in [0, 0.1) is 5.92 Å². The van der Waals surface area contributed by atoms with Crippen molar-refractivity contribution in [3.05, 3.63) is 35.4 Å². The fraction of sp³-hybridized carbons (Fsp3) is 0.562. The summed E-state index contributed by atoms with van der Waals surface area (Å²) >= 11 is 0. The third kappa shape index (κ3) is 5.85. The van der Waals surface area contributed by atoms with Crippen LogP contribution in [0.4, 0.5) is 0 Å².